The number of unbranched alkanes of at least 4 members (excludes halogenated alkanes) is 2. The lowest BCUT2D eigenvalue weighted by Gasteiger charge is -2.07. The van der Waals surface area contributed by atoms with E-state index in [-0.39, 0.29) is 6.03 Å². The molecule has 6 heteroatoms. The summed E-state index contributed by atoms with van der Waals surface area (Å²) in [6.07, 6.45) is 2.94. The van der Waals surface area contributed by atoms with Gasteiger partial charge in [0.15, 0.2) is 0 Å². The van der Waals surface area contributed by atoms with Gasteiger partial charge in [-0.05, 0) is 30.2 Å². The van der Waals surface area contributed by atoms with Crippen molar-refractivity contribution in [1.29, 1.82) is 0 Å². The molecule has 0 saturated carbocycles. The Kier molecular flexibility index (Phi) is 8.80. The fourth-order valence-electron chi connectivity index (χ4n) is 1.49. The standard InChI is InChI=1S/C13H20ClN3O2/c14-16-10-6-2-5-9-15-13(18)17-19-11-12-7-3-1-4-8-12/h1,3-4,7-8,16H,2,5-6,9-11H2,(H2,15,17,18). The maximum Gasteiger partial charge on any atom is 0.338 e. The van der Waals surface area contributed by atoms with E-state index in [4.69, 9.17) is 16.6 Å². The highest BCUT2D eigenvalue weighted by molar-refractivity contribution is 6.13. The number of hydroxylamine groups is 1. The summed E-state index contributed by atoms with van der Waals surface area (Å²) in [5.74, 6) is 0. The van der Waals surface area contributed by atoms with E-state index in [1.165, 1.54) is 0 Å². The molecule has 0 heterocycles. The zero-order valence-electron chi connectivity index (χ0n) is 10.8. The van der Waals surface area contributed by atoms with Gasteiger partial charge in [0, 0.05) is 13.1 Å². The van der Waals surface area contributed by atoms with E-state index in [1.54, 1.807) is 0 Å². The molecule has 106 valence electrons. The predicted octanol–water partition coefficient (Wildman–Crippen LogP) is 2.33. The molecule has 19 heavy (non-hydrogen) atoms. The number of rotatable bonds is 9. The van der Waals surface area contributed by atoms with Crippen molar-refractivity contribution < 1.29 is 9.63 Å². The number of carbonyl (C=O) groups excluding carboxylic acids is 1. The van der Waals surface area contributed by atoms with E-state index >= 15 is 0 Å². The fourth-order valence-corrected chi connectivity index (χ4v) is 1.62. The monoisotopic (exact) mass is 285 g/mol. The first-order valence-electron chi connectivity index (χ1n) is 6.36. The summed E-state index contributed by atoms with van der Waals surface area (Å²) in [4.78, 5) is 19.0. The Labute approximate surface area is 118 Å². The van der Waals surface area contributed by atoms with Crippen molar-refractivity contribution in [1.82, 2.24) is 15.6 Å². The van der Waals surface area contributed by atoms with Gasteiger partial charge < -0.3 is 5.32 Å². The first kappa shape index (κ1) is 15.8. The molecule has 0 bridgehead atoms. The maximum atomic E-state index is 11.3. The normalized spacial score (nSPS) is 10.2. The second kappa shape index (κ2) is 10.6. The third-order valence-electron chi connectivity index (χ3n) is 2.48. The second-order valence-corrected chi connectivity index (χ2v) is 4.34. The molecular weight excluding hydrogens is 266 g/mol. The summed E-state index contributed by atoms with van der Waals surface area (Å²) in [6.45, 7) is 1.77. The number of benzene rings is 1. The van der Waals surface area contributed by atoms with Gasteiger partial charge in [-0.1, -0.05) is 36.8 Å². The molecule has 1 aromatic carbocycles. The molecule has 0 spiro atoms. The maximum absolute atomic E-state index is 11.3. The second-order valence-electron chi connectivity index (χ2n) is 4.08. The molecule has 0 unspecified atom stereocenters. The van der Waals surface area contributed by atoms with Gasteiger partial charge in [0.25, 0.3) is 0 Å². The zero-order valence-corrected chi connectivity index (χ0v) is 11.6. The summed E-state index contributed by atoms with van der Waals surface area (Å²) in [5.41, 5.74) is 3.36. The minimum atomic E-state index is -0.314. The van der Waals surface area contributed by atoms with Crippen LogP contribution in [0.1, 0.15) is 24.8 Å². The van der Waals surface area contributed by atoms with Gasteiger partial charge >= 0.3 is 6.03 Å². The Balaban J connectivity index is 1.96. The van der Waals surface area contributed by atoms with Crippen molar-refractivity contribution in [3.05, 3.63) is 35.9 Å². The Hall–Kier alpha value is -1.30. The van der Waals surface area contributed by atoms with E-state index in [1.807, 2.05) is 30.3 Å². The van der Waals surface area contributed by atoms with Crippen LogP contribution in [0.4, 0.5) is 4.79 Å². The van der Waals surface area contributed by atoms with E-state index in [2.05, 4.69) is 15.6 Å². The van der Waals surface area contributed by atoms with E-state index in [0.29, 0.717) is 13.2 Å². The molecule has 0 saturated heterocycles. The molecule has 0 aromatic heterocycles. The first-order valence-corrected chi connectivity index (χ1v) is 6.74. The number of urea groups is 1. The van der Waals surface area contributed by atoms with Crippen molar-refractivity contribution in [2.24, 2.45) is 0 Å². The van der Waals surface area contributed by atoms with Crippen LogP contribution in [0.3, 0.4) is 0 Å². The highest BCUT2D eigenvalue weighted by atomic mass is 35.5. The molecule has 0 aliphatic heterocycles. The van der Waals surface area contributed by atoms with Gasteiger partial charge in [0.1, 0.15) is 0 Å². The zero-order chi connectivity index (χ0) is 13.8. The summed E-state index contributed by atoms with van der Waals surface area (Å²) in [6, 6.07) is 9.34. The van der Waals surface area contributed by atoms with Gasteiger partial charge in [0.05, 0.1) is 6.61 Å². The van der Waals surface area contributed by atoms with Crippen LogP contribution in [0.5, 0.6) is 0 Å². The van der Waals surface area contributed by atoms with Crippen LogP contribution in [-0.4, -0.2) is 19.1 Å². The van der Waals surface area contributed by atoms with Crippen LogP contribution < -0.4 is 15.6 Å². The lowest BCUT2D eigenvalue weighted by Crippen LogP contribution is -2.35. The van der Waals surface area contributed by atoms with Gasteiger partial charge in [-0.3, -0.25) is 4.84 Å². The van der Waals surface area contributed by atoms with E-state index in [0.717, 1.165) is 31.4 Å². The van der Waals surface area contributed by atoms with Gasteiger partial charge in [-0.25, -0.2) is 15.1 Å². The van der Waals surface area contributed by atoms with Crippen LogP contribution in [0, 0.1) is 0 Å². The molecule has 0 fully saturated rings. The average Bonchev–Trinajstić information content (AvgIpc) is 2.44. The van der Waals surface area contributed by atoms with Crippen molar-refractivity contribution in [3.8, 4) is 0 Å². The van der Waals surface area contributed by atoms with Crippen LogP contribution in [-0.2, 0) is 11.4 Å². The lowest BCUT2D eigenvalue weighted by atomic mass is 10.2. The van der Waals surface area contributed by atoms with Gasteiger partial charge in [-0.2, -0.15) is 0 Å². The highest BCUT2D eigenvalue weighted by Crippen LogP contribution is 1.98. The number of halogens is 1. The van der Waals surface area contributed by atoms with Gasteiger partial charge in [-0.15, -0.1) is 0 Å². The molecule has 0 radical (unpaired) electrons. The number of carbonyl (C=O) groups is 1. The van der Waals surface area contributed by atoms with Gasteiger partial charge in [0.2, 0.25) is 0 Å². The van der Waals surface area contributed by atoms with Crippen molar-refractivity contribution >= 4 is 17.8 Å². The number of hydrogen-bond acceptors (Lipinski definition) is 3. The minimum absolute atomic E-state index is 0.314. The quantitative estimate of drug-likeness (QED) is 0.371. The molecule has 0 aliphatic carbocycles. The molecule has 2 amide bonds. The molecule has 0 atom stereocenters. The van der Waals surface area contributed by atoms with E-state index < -0.39 is 0 Å². The third kappa shape index (κ3) is 8.42. The molecule has 5 nitrogen and oxygen atoms in total. The van der Waals surface area contributed by atoms with Crippen LogP contribution in [0.15, 0.2) is 30.3 Å². The Bertz CT molecular complexity index is 349. The smallest absolute Gasteiger partial charge is 0.336 e. The van der Waals surface area contributed by atoms with Crippen LogP contribution in [0.25, 0.3) is 0 Å². The fraction of sp³-hybridized carbons (Fsp3) is 0.462. The van der Waals surface area contributed by atoms with Crippen molar-refractivity contribution in [3.63, 3.8) is 0 Å². The minimum Gasteiger partial charge on any atom is -0.336 e. The molecule has 1 rings (SSSR count). The van der Waals surface area contributed by atoms with Crippen LogP contribution in [0.2, 0.25) is 0 Å². The number of nitrogens with one attached hydrogen (secondary N) is 3. The molecule has 1 aromatic rings. The summed E-state index contributed by atoms with van der Waals surface area (Å²) < 4.78 is 0. The molecular formula is C13H20ClN3O2. The summed E-state index contributed by atoms with van der Waals surface area (Å²) in [7, 11) is 0. The first-order chi connectivity index (χ1) is 9.33. The van der Waals surface area contributed by atoms with Crippen molar-refractivity contribution in [2.75, 3.05) is 13.1 Å². The Morgan fingerprint density at radius 1 is 1.11 bits per heavy atom. The topological polar surface area (TPSA) is 62.4 Å². The Morgan fingerprint density at radius 2 is 1.84 bits per heavy atom. The largest absolute Gasteiger partial charge is 0.338 e. The number of amides is 2. The number of hydrogen-bond donors (Lipinski definition) is 3. The van der Waals surface area contributed by atoms with E-state index in [9.17, 15) is 4.79 Å². The highest BCUT2D eigenvalue weighted by Gasteiger charge is 1.99. The Morgan fingerprint density at radius 3 is 2.58 bits per heavy atom. The van der Waals surface area contributed by atoms with Crippen molar-refractivity contribution in [2.45, 2.75) is 25.9 Å². The third-order valence-corrected chi connectivity index (χ3v) is 2.67. The van der Waals surface area contributed by atoms with Crippen LogP contribution >= 0.6 is 11.8 Å². The lowest BCUT2D eigenvalue weighted by molar-refractivity contribution is 0.0491. The molecule has 3 N–H and O–H groups in total. The SMILES string of the molecule is O=C(NCCCCCNCl)NOCc1ccccc1. The average molecular weight is 286 g/mol. The summed E-state index contributed by atoms with van der Waals surface area (Å²) in [5, 5.41) is 2.72. The molecule has 0 aliphatic rings. The summed E-state index contributed by atoms with van der Waals surface area (Å²) >= 11 is 5.33. The predicted molar refractivity (Wildman–Crippen MR) is 75.5 cm³/mol.